The minimum absolute atomic E-state index is 0.0881. The number of benzene rings is 3. The van der Waals surface area contributed by atoms with Crippen molar-refractivity contribution in [2.45, 2.75) is 9.79 Å². The molecule has 3 rings (SSSR count). The van der Waals surface area contributed by atoms with Crippen LogP contribution in [0.3, 0.4) is 0 Å². The summed E-state index contributed by atoms with van der Waals surface area (Å²) in [6.07, 6.45) is 0. The van der Waals surface area contributed by atoms with Gasteiger partial charge in [-0.25, -0.2) is 0 Å². The lowest BCUT2D eigenvalue weighted by atomic mass is 10.1. The predicted octanol–water partition coefficient (Wildman–Crippen LogP) is 3.81. The molecular weight excluding hydrogens is 448 g/mol. The lowest BCUT2D eigenvalue weighted by molar-refractivity contribution is 0.474. The van der Waals surface area contributed by atoms with Gasteiger partial charge >= 0.3 is 0 Å². The summed E-state index contributed by atoms with van der Waals surface area (Å²) < 4.78 is 65.3. The van der Waals surface area contributed by atoms with E-state index in [1.54, 1.807) is 0 Å². The van der Waals surface area contributed by atoms with Crippen LogP contribution < -0.4 is 0 Å². The Balaban J connectivity index is 2.37. The van der Waals surface area contributed by atoms with Gasteiger partial charge in [0.05, 0.1) is 4.90 Å². The third-order valence-electron chi connectivity index (χ3n) is 3.78. The van der Waals surface area contributed by atoms with Crippen molar-refractivity contribution in [3.05, 3.63) is 47.5 Å². The molecule has 29 heavy (non-hydrogen) atoms. The van der Waals surface area contributed by atoms with E-state index in [1.165, 1.54) is 18.2 Å². The predicted molar refractivity (Wildman–Crippen MR) is 103 cm³/mol. The summed E-state index contributed by atoms with van der Waals surface area (Å²) in [4.78, 5) is -1.72. The summed E-state index contributed by atoms with van der Waals surface area (Å²) in [6.45, 7) is 0. The van der Waals surface area contributed by atoms with Crippen molar-refractivity contribution in [1.29, 1.82) is 0 Å². The molecule has 0 fully saturated rings. The monoisotopic (exact) mass is 458 g/mol. The molecule has 0 bridgehead atoms. The maximum atomic E-state index is 11.8. The fourth-order valence-corrected chi connectivity index (χ4v) is 4.04. The molecule has 13 heteroatoms. The molecule has 3 aromatic rings. The smallest absolute Gasteiger partial charge is 0.295 e. The Kier molecular flexibility index (Phi) is 5.23. The van der Waals surface area contributed by atoms with E-state index in [4.69, 9.17) is 11.6 Å². The van der Waals surface area contributed by atoms with Gasteiger partial charge in [-0.1, -0.05) is 17.7 Å². The summed E-state index contributed by atoms with van der Waals surface area (Å²) in [5.41, 5.74) is -0.534. The van der Waals surface area contributed by atoms with E-state index < -0.39 is 41.5 Å². The molecule has 4 N–H and O–H groups in total. The maximum Gasteiger partial charge on any atom is 0.295 e. The summed E-state index contributed by atoms with van der Waals surface area (Å²) in [7, 11) is -9.81. The molecule has 0 unspecified atom stereocenters. The van der Waals surface area contributed by atoms with Gasteiger partial charge in [0.1, 0.15) is 27.8 Å². The standard InChI is InChI=1S/C16H11ClN2O8S2/c17-9-2-4-12(20)11(6-9)18-19-16-13(21)3-1-8-5-10(28(22,23)24)7-14(15(8)16)29(25,26)27/h1-7,20-21H,(H,22,23,24)(H,25,26,27). The molecule has 0 aliphatic heterocycles. The molecule has 0 saturated carbocycles. The van der Waals surface area contributed by atoms with Gasteiger partial charge in [-0.3, -0.25) is 9.11 Å². The van der Waals surface area contributed by atoms with Crippen molar-refractivity contribution in [3.8, 4) is 11.5 Å². The van der Waals surface area contributed by atoms with E-state index in [1.807, 2.05) is 0 Å². The molecular formula is C16H11ClN2O8S2. The van der Waals surface area contributed by atoms with Crippen molar-refractivity contribution in [2.75, 3.05) is 0 Å². The minimum atomic E-state index is -5.01. The Morgan fingerprint density at radius 3 is 2.07 bits per heavy atom. The van der Waals surface area contributed by atoms with Crippen molar-refractivity contribution < 1.29 is 36.2 Å². The van der Waals surface area contributed by atoms with Crippen LogP contribution in [-0.4, -0.2) is 36.2 Å². The van der Waals surface area contributed by atoms with Gasteiger partial charge in [0.2, 0.25) is 0 Å². The number of halogens is 1. The highest BCUT2D eigenvalue weighted by Gasteiger charge is 2.24. The third-order valence-corrected chi connectivity index (χ3v) is 5.72. The first-order chi connectivity index (χ1) is 13.4. The number of hydrogen-bond acceptors (Lipinski definition) is 8. The van der Waals surface area contributed by atoms with Crippen LogP contribution in [0.2, 0.25) is 5.02 Å². The second kappa shape index (κ2) is 7.24. The van der Waals surface area contributed by atoms with E-state index in [9.17, 15) is 36.2 Å². The average molecular weight is 459 g/mol. The first-order valence-electron chi connectivity index (χ1n) is 7.53. The van der Waals surface area contributed by atoms with Gasteiger partial charge in [0.15, 0.2) is 0 Å². The van der Waals surface area contributed by atoms with Crippen LogP contribution in [0.25, 0.3) is 10.8 Å². The van der Waals surface area contributed by atoms with E-state index >= 15 is 0 Å². The Hall–Kier alpha value is -2.77. The van der Waals surface area contributed by atoms with Crippen molar-refractivity contribution in [1.82, 2.24) is 0 Å². The SMILES string of the molecule is O=S(=O)(O)c1cc(S(=O)(=O)O)c2c(N=Nc3cc(Cl)ccc3O)c(O)ccc2c1. The van der Waals surface area contributed by atoms with Crippen molar-refractivity contribution in [2.24, 2.45) is 10.2 Å². The van der Waals surface area contributed by atoms with E-state index in [-0.39, 0.29) is 27.2 Å². The molecule has 0 saturated heterocycles. The van der Waals surface area contributed by atoms with Crippen LogP contribution in [0.1, 0.15) is 0 Å². The lowest BCUT2D eigenvalue weighted by Gasteiger charge is -2.10. The minimum Gasteiger partial charge on any atom is -0.506 e. The molecule has 10 nitrogen and oxygen atoms in total. The topological polar surface area (TPSA) is 174 Å². The zero-order valence-electron chi connectivity index (χ0n) is 14.1. The number of rotatable bonds is 4. The molecule has 0 aliphatic rings. The fourth-order valence-electron chi connectivity index (χ4n) is 2.51. The quantitative estimate of drug-likeness (QED) is 0.337. The number of phenolic OH excluding ortho intramolecular Hbond substituents is 2. The van der Waals surface area contributed by atoms with Crippen LogP contribution in [0.5, 0.6) is 11.5 Å². The van der Waals surface area contributed by atoms with E-state index in [0.717, 1.165) is 18.2 Å². The Bertz CT molecular complexity index is 1390. The van der Waals surface area contributed by atoms with Gasteiger partial charge in [-0.05, 0) is 41.8 Å². The van der Waals surface area contributed by atoms with Crippen molar-refractivity contribution >= 4 is 54.0 Å². The second-order valence-corrected chi connectivity index (χ2v) is 8.98. The lowest BCUT2D eigenvalue weighted by Crippen LogP contribution is -2.04. The van der Waals surface area contributed by atoms with Gasteiger partial charge in [-0.2, -0.15) is 16.8 Å². The Morgan fingerprint density at radius 2 is 1.45 bits per heavy atom. The summed E-state index contributed by atoms with van der Waals surface area (Å²) >= 11 is 5.82. The number of nitrogens with zero attached hydrogens (tertiary/aromatic N) is 2. The van der Waals surface area contributed by atoms with Gasteiger partial charge in [-0.15, -0.1) is 10.2 Å². The maximum absolute atomic E-state index is 11.8. The number of phenols is 2. The van der Waals surface area contributed by atoms with Gasteiger partial charge < -0.3 is 10.2 Å². The fraction of sp³-hybridized carbons (Fsp3) is 0. The third kappa shape index (κ3) is 4.31. The van der Waals surface area contributed by atoms with Crippen molar-refractivity contribution in [3.63, 3.8) is 0 Å². The number of aromatic hydroxyl groups is 2. The first-order valence-corrected chi connectivity index (χ1v) is 10.8. The van der Waals surface area contributed by atoms with Crippen LogP contribution in [0, 0.1) is 0 Å². The summed E-state index contributed by atoms with van der Waals surface area (Å²) in [5, 5.41) is 27.2. The number of azo groups is 1. The molecule has 0 amide bonds. The molecule has 0 atom stereocenters. The van der Waals surface area contributed by atoms with Gasteiger partial charge in [0, 0.05) is 10.4 Å². The largest absolute Gasteiger partial charge is 0.506 e. The highest BCUT2D eigenvalue weighted by molar-refractivity contribution is 7.86. The number of hydrogen-bond donors (Lipinski definition) is 4. The molecule has 0 heterocycles. The normalized spacial score (nSPS) is 12.7. The van der Waals surface area contributed by atoms with Crippen LogP contribution in [0.15, 0.2) is 62.5 Å². The highest BCUT2D eigenvalue weighted by atomic mass is 35.5. The molecule has 0 radical (unpaired) electrons. The molecule has 0 aliphatic carbocycles. The molecule has 152 valence electrons. The average Bonchev–Trinajstić information content (AvgIpc) is 2.61. The molecule has 3 aromatic carbocycles. The van der Waals surface area contributed by atoms with Crippen LogP contribution >= 0.6 is 11.6 Å². The van der Waals surface area contributed by atoms with E-state index in [2.05, 4.69) is 10.2 Å². The Labute approximate surface area is 169 Å². The highest BCUT2D eigenvalue weighted by Crippen LogP contribution is 2.41. The zero-order chi connectivity index (χ0) is 21.6. The van der Waals surface area contributed by atoms with E-state index in [0.29, 0.717) is 6.07 Å². The van der Waals surface area contributed by atoms with Gasteiger partial charge in [0.25, 0.3) is 20.2 Å². The number of fused-ring (bicyclic) bond motifs is 1. The first kappa shape index (κ1) is 21.0. The second-order valence-electron chi connectivity index (χ2n) is 5.74. The zero-order valence-corrected chi connectivity index (χ0v) is 16.4. The summed E-state index contributed by atoms with van der Waals surface area (Å²) in [5.74, 6) is -0.853. The van der Waals surface area contributed by atoms with Crippen LogP contribution in [-0.2, 0) is 20.2 Å². The van der Waals surface area contributed by atoms with Crippen LogP contribution in [0.4, 0.5) is 11.4 Å². The molecule has 0 spiro atoms. The molecule has 0 aromatic heterocycles. The summed E-state index contributed by atoms with van der Waals surface area (Å²) in [6, 6.07) is 7.56. The Morgan fingerprint density at radius 1 is 0.793 bits per heavy atom.